The van der Waals surface area contributed by atoms with Crippen LogP contribution in [0, 0.1) is 0 Å². The highest BCUT2D eigenvalue weighted by molar-refractivity contribution is 5.29. The summed E-state index contributed by atoms with van der Waals surface area (Å²) in [5.74, 6) is 0.949. The maximum Gasteiger partial charge on any atom is 0.151 e. The molecule has 0 fully saturated rings. The molecule has 0 unspecified atom stereocenters. The molecule has 3 heteroatoms. The zero-order valence-corrected chi connectivity index (χ0v) is 10.3. The minimum Gasteiger partial charge on any atom is -0.221 e. The topological polar surface area (TPSA) is 30.7 Å². The summed E-state index contributed by atoms with van der Waals surface area (Å²) in [5, 5.41) is 4.48. The van der Waals surface area contributed by atoms with Crippen LogP contribution in [-0.4, -0.2) is 14.8 Å². The molecule has 1 aromatic carbocycles. The average Bonchev–Trinajstić information content (AvgIpc) is 2.85. The molecular formula is C14H19N3. The van der Waals surface area contributed by atoms with Gasteiger partial charge < -0.3 is 0 Å². The fourth-order valence-electron chi connectivity index (χ4n) is 1.83. The monoisotopic (exact) mass is 229 g/mol. The summed E-state index contributed by atoms with van der Waals surface area (Å²) in [4.78, 5) is 4.34. The summed E-state index contributed by atoms with van der Waals surface area (Å²) in [6, 6.07) is 10.1. The Balaban J connectivity index is 1.92. The highest BCUT2D eigenvalue weighted by Crippen LogP contribution is 2.07. The van der Waals surface area contributed by atoms with E-state index < -0.39 is 0 Å². The van der Waals surface area contributed by atoms with Gasteiger partial charge >= 0.3 is 0 Å². The predicted molar refractivity (Wildman–Crippen MR) is 69.2 cm³/mol. The summed E-state index contributed by atoms with van der Waals surface area (Å²) in [5.41, 5.74) is 1.07. The molecule has 0 saturated heterocycles. The molecule has 0 saturated carbocycles. The second kappa shape index (κ2) is 6.18. The summed E-state index contributed by atoms with van der Waals surface area (Å²) >= 11 is 0. The third-order valence-electron chi connectivity index (χ3n) is 2.81. The van der Waals surface area contributed by atoms with E-state index in [0.29, 0.717) is 0 Å². The van der Waals surface area contributed by atoms with E-state index in [4.69, 9.17) is 0 Å². The van der Waals surface area contributed by atoms with Crippen molar-refractivity contribution >= 4 is 0 Å². The van der Waals surface area contributed by atoms with Crippen LogP contribution in [0.3, 0.4) is 0 Å². The molecule has 0 amide bonds. The largest absolute Gasteiger partial charge is 0.221 e. The Labute approximate surface area is 103 Å². The van der Waals surface area contributed by atoms with E-state index in [2.05, 4.69) is 17.0 Å². The van der Waals surface area contributed by atoms with Gasteiger partial charge in [0, 0.05) is 6.42 Å². The molecule has 2 rings (SSSR count). The summed E-state index contributed by atoms with van der Waals surface area (Å²) in [7, 11) is 0. The van der Waals surface area contributed by atoms with E-state index >= 15 is 0 Å². The van der Waals surface area contributed by atoms with Crippen LogP contribution in [0.5, 0.6) is 0 Å². The Morgan fingerprint density at radius 2 is 1.88 bits per heavy atom. The van der Waals surface area contributed by atoms with Crippen LogP contribution in [0.25, 0.3) is 5.69 Å². The van der Waals surface area contributed by atoms with Crippen LogP contribution in [-0.2, 0) is 6.42 Å². The summed E-state index contributed by atoms with van der Waals surface area (Å²) in [6.07, 6.45) is 7.82. The second-order valence-corrected chi connectivity index (χ2v) is 4.25. The van der Waals surface area contributed by atoms with Crippen molar-refractivity contribution in [3.63, 3.8) is 0 Å². The van der Waals surface area contributed by atoms with Crippen molar-refractivity contribution in [3.8, 4) is 5.69 Å². The number of benzene rings is 1. The summed E-state index contributed by atoms with van der Waals surface area (Å²) in [6.45, 7) is 2.22. The molecule has 0 radical (unpaired) electrons. The number of aryl methyl sites for hydroxylation is 1. The lowest BCUT2D eigenvalue weighted by molar-refractivity contribution is 0.650. The fraction of sp³-hybridized carbons (Fsp3) is 0.429. The molecule has 1 heterocycles. The molecule has 0 bridgehead atoms. The van der Waals surface area contributed by atoms with Crippen molar-refractivity contribution in [1.82, 2.24) is 14.8 Å². The lowest BCUT2D eigenvalue weighted by Gasteiger charge is -1.98. The quantitative estimate of drug-likeness (QED) is 0.711. The Kier molecular flexibility index (Phi) is 4.30. The first-order chi connectivity index (χ1) is 8.40. The second-order valence-electron chi connectivity index (χ2n) is 4.25. The number of rotatable bonds is 6. The first-order valence-electron chi connectivity index (χ1n) is 6.36. The standard InChI is InChI=1S/C14H19N3/c1-2-3-4-8-11-14-15-12-17(16-14)13-9-6-5-7-10-13/h5-7,9-10,12H,2-4,8,11H2,1H3. The van der Waals surface area contributed by atoms with Crippen LogP contribution in [0.4, 0.5) is 0 Å². The van der Waals surface area contributed by atoms with E-state index in [1.54, 1.807) is 6.33 Å². The maximum atomic E-state index is 4.48. The lowest BCUT2D eigenvalue weighted by Crippen LogP contribution is -1.96. The molecule has 0 spiro atoms. The lowest BCUT2D eigenvalue weighted by atomic mass is 10.1. The zero-order valence-electron chi connectivity index (χ0n) is 10.3. The third kappa shape index (κ3) is 3.41. The van der Waals surface area contributed by atoms with Crippen LogP contribution in [0.1, 0.15) is 38.4 Å². The molecule has 17 heavy (non-hydrogen) atoms. The van der Waals surface area contributed by atoms with Gasteiger partial charge in [-0.1, -0.05) is 44.4 Å². The molecule has 3 nitrogen and oxygen atoms in total. The van der Waals surface area contributed by atoms with Crippen LogP contribution in [0.2, 0.25) is 0 Å². The molecule has 0 aliphatic rings. The van der Waals surface area contributed by atoms with Crippen molar-refractivity contribution in [2.24, 2.45) is 0 Å². The van der Waals surface area contributed by atoms with Gasteiger partial charge in [0.1, 0.15) is 6.33 Å². The maximum absolute atomic E-state index is 4.48. The van der Waals surface area contributed by atoms with Gasteiger partial charge in [-0.25, -0.2) is 9.67 Å². The van der Waals surface area contributed by atoms with E-state index in [0.717, 1.165) is 17.9 Å². The number of nitrogens with zero attached hydrogens (tertiary/aromatic N) is 3. The van der Waals surface area contributed by atoms with Gasteiger partial charge in [-0.05, 0) is 18.6 Å². The first kappa shape index (κ1) is 11.8. The van der Waals surface area contributed by atoms with Crippen molar-refractivity contribution in [1.29, 1.82) is 0 Å². The molecule has 0 N–H and O–H groups in total. The van der Waals surface area contributed by atoms with Crippen molar-refractivity contribution < 1.29 is 0 Å². The Hall–Kier alpha value is -1.64. The Morgan fingerprint density at radius 3 is 2.65 bits per heavy atom. The van der Waals surface area contributed by atoms with E-state index in [9.17, 15) is 0 Å². The summed E-state index contributed by atoms with van der Waals surface area (Å²) < 4.78 is 1.84. The Bertz CT molecular complexity index is 434. The minimum absolute atomic E-state index is 0.949. The molecule has 1 aromatic heterocycles. The molecule has 90 valence electrons. The van der Waals surface area contributed by atoms with E-state index in [1.165, 1.54) is 25.7 Å². The van der Waals surface area contributed by atoms with E-state index in [1.807, 2.05) is 35.0 Å². The number of aromatic nitrogens is 3. The third-order valence-corrected chi connectivity index (χ3v) is 2.81. The van der Waals surface area contributed by atoms with Gasteiger partial charge in [-0.3, -0.25) is 0 Å². The van der Waals surface area contributed by atoms with E-state index in [-0.39, 0.29) is 0 Å². The molecule has 0 aliphatic heterocycles. The normalized spacial score (nSPS) is 10.6. The minimum atomic E-state index is 0.949. The number of para-hydroxylation sites is 1. The predicted octanol–water partition coefficient (Wildman–Crippen LogP) is 3.39. The average molecular weight is 229 g/mol. The van der Waals surface area contributed by atoms with Crippen LogP contribution < -0.4 is 0 Å². The van der Waals surface area contributed by atoms with Gasteiger partial charge in [0.25, 0.3) is 0 Å². The SMILES string of the molecule is CCCCCCc1ncn(-c2ccccc2)n1. The molecular weight excluding hydrogens is 210 g/mol. The van der Waals surface area contributed by atoms with Gasteiger partial charge in [0.15, 0.2) is 5.82 Å². The number of hydrogen-bond acceptors (Lipinski definition) is 2. The van der Waals surface area contributed by atoms with Crippen molar-refractivity contribution in [2.45, 2.75) is 39.0 Å². The van der Waals surface area contributed by atoms with Gasteiger partial charge in [0.2, 0.25) is 0 Å². The molecule has 0 atom stereocenters. The van der Waals surface area contributed by atoms with Crippen LogP contribution in [0.15, 0.2) is 36.7 Å². The molecule has 0 aliphatic carbocycles. The Morgan fingerprint density at radius 1 is 1.06 bits per heavy atom. The van der Waals surface area contributed by atoms with Gasteiger partial charge in [0.05, 0.1) is 5.69 Å². The smallest absolute Gasteiger partial charge is 0.151 e. The van der Waals surface area contributed by atoms with Gasteiger partial charge in [-0.15, -0.1) is 0 Å². The highest BCUT2D eigenvalue weighted by atomic mass is 15.3. The van der Waals surface area contributed by atoms with Crippen molar-refractivity contribution in [3.05, 3.63) is 42.5 Å². The zero-order chi connectivity index (χ0) is 11.9. The molecule has 2 aromatic rings. The number of hydrogen-bond donors (Lipinski definition) is 0. The first-order valence-corrected chi connectivity index (χ1v) is 6.36. The van der Waals surface area contributed by atoms with Crippen LogP contribution >= 0.6 is 0 Å². The van der Waals surface area contributed by atoms with Crippen molar-refractivity contribution in [2.75, 3.05) is 0 Å². The van der Waals surface area contributed by atoms with Gasteiger partial charge in [-0.2, -0.15) is 5.10 Å². The highest BCUT2D eigenvalue weighted by Gasteiger charge is 2.01. The fourth-order valence-corrected chi connectivity index (χ4v) is 1.83. The number of unbranched alkanes of at least 4 members (excludes halogenated alkanes) is 3.